The van der Waals surface area contributed by atoms with Gasteiger partial charge in [0, 0.05) is 6.20 Å². The van der Waals surface area contributed by atoms with Crippen LogP contribution in [0.2, 0.25) is 5.15 Å². The third-order valence-electron chi connectivity index (χ3n) is 3.39. The van der Waals surface area contributed by atoms with Crippen LogP contribution < -0.4 is 10.1 Å². The number of aryl methyl sites for hydroxylation is 1. The van der Waals surface area contributed by atoms with Crippen LogP contribution in [0, 0.1) is 6.92 Å². The molecular formula is C19H15ClN2O2. The summed E-state index contributed by atoms with van der Waals surface area (Å²) in [4.78, 5) is 16.3. The van der Waals surface area contributed by atoms with Crippen molar-refractivity contribution in [2.45, 2.75) is 6.92 Å². The molecule has 2 aromatic carbocycles. The standard InChI is InChI=1S/C19H15ClN2O2/c1-13-8-10-14(11-9-13)24-17-7-3-2-6-16(17)22-19(23)15-5-4-12-21-18(15)20/h2-12H,1H3,(H,22,23). The Morgan fingerprint density at radius 1 is 1.04 bits per heavy atom. The van der Waals surface area contributed by atoms with E-state index in [1.807, 2.05) is 43.3 Å². The fourth-order valence-corrected chi connectivity index (χ4v) is 2.34. The van der Waals surface area contributed by atoms with Gasteiger partial charge in [-0.3, -0.25) is 4.79 Å². The predicted octanol–water partition coefficient (Wildman–Crippen LogP) is 5.09. The maximum atomic E-state index is 12.4. The predicted molar refractivity (Wildman–Crippen MR) is 94.9 cm³/mol. The van der Waals surface area contributed by atoms with Crippen LogP contribution in [0.5, 0.6) is 11.5 Å². The fourth-order valence-electron chi connectivity index (χ4n) is 2.14. The van der Waals surface area contributed by atoms with Gasteiger partial charge in [-0.05, 0) is 43.3 Å². The second-order valence-corrected chi connectivity index (χ2v) is 5.57. The number of hydrogen-bond acceptors (Lipinski definition) is 3. The van der Waals surface area contributed by atoms with Crippen LogP contribution >= 0.6 is 11.6 Å². The molecule has 24 heavy (non-hydrogen) atoms. The van der Waals surface area contributed by atoms with Gasteiger partial charge in [0.05, 0.1) is 11.3 Å². The molecule has 0 bridgehead atoms. The molecule has 0 unspecified atom stereocenters. The molecule has 1 aromatic heterocycles. The molecule has 0 fully saturated rings. The zero-order valence-electron chi connectivity index (χ0n) is 13.0. The van der Waals surface area contributed by atoms with E-state index in [0.29, 0.717) is 22.7 Å². The van der Waals surface area contributed by atoms with E-state index in [0.717, 1.165) is 5.56 Å². The minimum Gasteiger partial charge on any atom is -0.455 e. The van der Waals surface area contributed by atoms with Crippen molar-refractivity contribution in [1.29, 1.82) is 0 Å². The maximum Gasteiger partial charge on any atom is 0.258 e. The average molecular weight is 339 g/mol. The van der Waals surface area contributed by atoms with Crippen LogP contribution in [0.1, 0.15) is 15.9 Å². The van der Waals surface area contributed by atoms with Crippen LogP contribution in [0.3, 0.4) is 0 Å². The van der Waals surface area contributed by atoms with Gasteiger partial charge in [-0.1, -0.05) is 41.4 Å². The van der Waals surface area contributed by atoms with Crippen LogP contribution in [0.15, 0.2) is 66.9 Å². The molecule has 3 aromatic rings. The molecule has 1 heterocycles. The highest BCUT2D eigenvalue weighted by molar-refractivity contribution is 6.33. The Kier molecular flexibility index (Phi) is 4.77. The molecule has 0 saturated carbocycles. The lowest BCUT2D eigenvalue weighted by Crippen LogP contribution is -2.13. The van der Waals surface area contributed by atoms with Crippen molar-refractivity contribution in [2.75, 3.05) is 5.32 Å². The Bertz CT molecular complexity index is 863. The Balaban J connectivity index is 1.83. The number of nitrogens with zero attached hydrogens (tertiary/aromatic N) is 1. The summed E-state index contributed by atoms with van der Waals surface area (Å²) >= 11 is 5.97. The second-order valence-electron chi connectivity index (χ2n) is 5.21. The summed E-state index contributed by atoms with van der Waals surface area (Å²) in [6.07, 6.45) is 1.54. The van der Waals surface area contributed by atoms with Crippen molar-refractivity contribution in [3.8, 4) is 11.5 Å². The summed E-state index contributed by atoms with van der Waals surface area (Å²) in [5.74, 6) is 0.907. The van der Waals surface area contributed by atoms with E-state index in [9.17, 15) is 4.79 Å². The van der Waals surface area contributed by atoms with Crippen LogP contribution in [0.4, 0.5) is 5.69 Å². The van der Waals surface area contributed by atoms with Gasteiger partial charge in [-0.2, -0.15) is 0 Å². The highest BCUT2D eigenvalue weighted by Crippen LogP contribution is 2.30. The van der Waals surface area contributed by atoms with Crippen molar-refractivity contribution in [3.63, 3.8) is 0 Å². The number of benzene rings is 2. The molecule has 0 aliphatic rings. The molecule has 5 heteroatoms. The minimum atomic E-state index is -0.340. The number of amides is 1. The number of aromatic nitrogens is 1. The summed E-state index contributed by atoms with van der Waals surface area (Å²) in [5, 5.41) is 2.97. The summed E-state index contributed by atoms with van der Waals surface area (Å²) < 4.78 is 5.87. The van der Waals surface area contributed by atoms with Gasteiger partial charge < -0.3 is 10.1 Å². The number of rotatable bonds is 4. The number of ether oxygens (including phenoxy) is 1. The first kappa shape index (κ1) is 16.0. The zero-order valence-corrected chi connectivity index (χ0v) is 13.7. The van der Waals surface area contributed by atoms with Crippen molar-refractivity contribution < 1.29 is 9.53 Å². The van der Waals surface area contributed by atoms with Crippen molar-refractivity contribution in [2.24, 2.45) is 0 Å². The molecule has 0 saturated heterocycles. The molecule has 4 nitrogen and oxygen atoms in total. The van der Waals surface area contributed by atoms with E-state index in [2.05, 4.69) is 10.3 Å². The van der Waals surface area contributed by atoms with Crippen LogP contribution in [-0.2, 0) is 0 Å². The van der Waals surface area contributed by atoms with E-state index in [4.69, 9.17) is 16.3 Å². The first-order valence-electron chi connectivity index (χ1n) is 7.39. The lowest BCUT2D eigenvalue weighted by Gasteiger charge is -2.12. The van der Waals surface area contributed by atoms with Crippen molar-refractivity contribution in [3.05, 3.63) is 83.1 Å². The topological polar surface area (TPSA) is 51.2 Å². The highest BCUT2D eigenvalue weighted by atomic mass is 35.5. The van der Waals surface area contributed by atoms with Gasteiger partial charge in [0.1, 0.15) is 10.9 Å². The molecule has 0 spiro atoms. The summed E-state index contributed by atoms with van der Waals surface area (Å²) in [7, 11) is 0. The Morgan fingerprint density at radius 3 is 2.54 bits per heavy atom. The number of pyridine rings is 1. The summed E-state index contributed by atoms with van der Waals surface area (Å²) in [5.41, 5.74) is 2.02. The molecule has 0 radical (unpaired) electrons. The van der Waals surface area contributed by atoms with Gasteiger partial charge in [0.15, 0.2) is 5.75 Å². The molecule has 120 valence electrons. The van der Waals surface area contributed by atoms with Crippen molar-refractivity contribution in [1.82, 2.24) is 4.98 Å². The van der Waals surface area contributed by atoms with Crippen LogP contribution in [0.25, 0.3) is 0 Å². The fraction of sp³-hybridized carbons (Fsp3) is 0.0526. The van der Waals surface area contributed by atoms with Crippen molar-refractivity contribution >= 4 is 23.2 Å². The number of para-hydroxylation sites is 2. The number of halogens is 1. The van der Waals surface area contributed by atoms with Gasteiger partial charge >= 0.3 is 0 Å². The zero-order chi connectivity index (χ0) is 16.9. The Labute approximate surface area is 145 Å². The minimum absolute atomic E-state index is 0.159. The van der Waals surface area contributed by atoms with E-state index < -0.39 is 0 Å². The molecule has 0 atom stereocenters. The number of carbonyl (C=O) groups excluding carboxylic acids is 1. The number of carbonyl (C=O) groups is 1. The average Bonchev–Trinajstić information content (AvgIpc) is 2.59. The van der Waals surface area contributed by atoms with Gasteiger partial charge in [-0.15, -0.1) is 0 Å². The van der Waals surface area contributed by atoms with E-state index in [1.165, 1.54) is 6.20 Å². The number of hydrogen-bond donors (Lipinski definition) is 1. The van der Waals surface area contributed by atoms with E-state index >= 15 is 0 Å². The lowest BCUT2D eigenvalue weighted by atomic mass is 10.2. The molecule has 0 aliphatic heterocycles. The lowest BCUT2D eigenvalue weighted by molar-refractivity contribution is 0.102. The summed E-state index contributed by atoms with van der Waals surface area (Å²) in [6.45, 7) is 2.01. The molecule has 1 N–H and O–H groups in total. The molecule has 1 amide bonds. The third-order valence-corrected chi connectivity index (χ3v) is 3.69. The van der Waals surface area contributed by atoms with Gasteiger partial charge in [0.2, 0.25) is 0 Å². The Hall–Kier alpha value is -2.85. The Morgan fingerprint density at radius 2 is 1.79 bits per heavy atom. The molecule has 0 aliphatic carbocycles. The molecule has 3 rings (SSSR count). The van der Waals surface area contributed by atoms with Gasteiger partial charge in [-0.25, -0.2) is 4.98 Å². The molecular weight excluding hydrogens is 324 g/mol. The summed E-state index contributed by atoms with van der Waals surface area (Å²) in [6, 6.07) is 18.2. The van der Waals surface area contributed by atoms with Gasteiger partial charge in [0.25, 0.3) is 5.91 Å². The first-order valence-corrected chi connectivity index (χ1v) is 7.77. The number of anilines is 1. The normalized spacial score (nSPS) is 10.2. The highest BCUT2D eigenvalue weighted by Gasteiger charge is 2.13. The second kappa shape index (κ2) is 7.15. The van der Waals surface area contributed by atoms with E-state index in [-0.39, 0.29) is 11.1 Å². The smallest absolute Gasteiger partial charge is 0.258 e. The van der Waals surface area contributed by atoms with Crippen LogP contribution in [-0.4, -0.2) is 10.9 Å². The monoisotopic (exact) mass is 338 g/mol. The maximum absolute atomic E-state index is 12.4. The number of nitrogens with one attached hydrogen (secondary N) is 1. The third kappa shape index (κ3) is 3.73. The SMILES string of the molecule is Cc1ccc(Oc2ccccc2NC(=O)c2cccnc2Cl)cc1. The first-order chi connectivity index (χ1) is 11.6. The van der Waals surface area contributed by atoms with E-state index in [1.54, 1.807) is 24.3 Å². The largest absolute Gasteiger partial charge is 0.455 e. The quantitative estimate of drug-likeness (QED) is 0.674.